The van der Waals surface area contributed by atoms with Crippen molar-refractivity contribution in [3.05, 3.63) is 70.2 Å². The molecule has 0 atom stereocenters. The molecule has 0 nitrogen and oxygen atoms in total. The molecule has 3 heteroatoms. The Hall–Kier alpha value is -1.41. The Labute approximate surface area is 97.5 Å². The standard InChI is InChI=1S/C13H9ClF2/c14-11-6-7-12(15)13(16)10(11)8-9-4-2-1-3-5-9/h1-7H,8H2. The first kappa shape index (κ1) is 11.1. The summed E-state index contributed by atoms with van der Waals surface area (Å²) in [6, 6.07) is 11.7. The van der Waals surface area contributed by atoms with Crippen molar-refractivity contribution in [1.82, 2.24) is 0 Å². The van der Waals surface area contributed by atoms with Crippen molar-refractivity contribution in [1.29, 1.82) is 0 Å². The molecule has 2 rings (SSSR count). The maximum Gasteiger partial charge on any atom is 0.163 e. The molecule has 0 N–H and O–H groups in total. The lowest BCUT2D eigenvalue weighted by Gasteiger charge is -2.06. The van der Waals surface area contributed by atoms with Gasteiger partial charge in [-0.25, -0.2) is 8.78 Å². The van der Waals surface area contributed by atoms with E-state index < -0.39 is 11.6 Å². The Morgan fingerprint density at radius 1 is 0.938 bits per heavy atom. The number of hydrogen-bond acceptors (Lipinski definition) is 0. The van der Waals surface area contributed by atoms with Gasteiger partial charge in [-0.3, -0.25) is 0 Å². The zero-order valence-electron chi connectivity index (χ0n) is 8.38. The first-order valence-electron chi connectivity index (χ1n) is 4.85. The van der Waals surface area contributed by atoms with Crippen LogP contribution in [0.15, 0.2) is 42.5 Å². The summed E-state index contributed by atoms with van der Waals surface area (Å²) < 4.78 is 26.5. The van der Waals surface area contributed by atoms with E-state index in [0.29, 0.717) is 6.42 Å². The van der Waals surface area contributed by atoms with Crippen molar-refractivity contribution >= 4 is 11.6 Å². The van der Waals surface area contributed by atoms with Crippen LogP contribution in [0.25, 0.3) is 0 Å². The lowest BCUT2D eigenvalue weighted by molar-refractivity contribution is 0.501. The second kappa shape index (κ2) is 4.62. The van der Waals surface area contributed by atoms with E-state index in [1.54, 1.807) is 0 Å². The Bertz CT molecular complexity index is 495. The Balaban J connectivity index is 2.38. The van der Waals surface area contributed by atoms with Crippen LogP contribution in [0.1, 0.15) is 11.1 Å². The summed E-state index contributed by atoms with van der Waals surface area (Å²) in [5.74, 6) is -1.73. The SMILES string of the molecule is Fc1ccc(Cl)c(Cc2ccccc2)c1F. The summed E-state index contributed by atoms with van der Waals surface area (Å²) in [5.41, 5.74) is 1.10. The average Bonchev–Trinajstić information content (AvgIpc) is 2.31. The minimum atomic E-state index is -0.865. The minimum Gasteiger partial charge on any atom is -0.204 e. The quantitative estimate of drug-likeness (QED) is 0.688. The number of benzene rings is 2. The highest BCUT2D eigenvalue weighted by Gasteiger charge is 2.12. The van der Waals surface area contributed by atoms with Crippen LogP contribution in [-0.2, 0) is 6.42 Å². The van der Waals surface area contributed by atoms with E-state index >= 15 is 0 Å². The molecule has 0 saturated carbocycles. The molecule has 0 bridgehead atoms. The number of rotatable bonds is 2. The molecule has 2 aromatic carbocycles. The van der Waals surface area contributed by atoms with E-state index in [1.807, 2.05) is 30.3 Å². The highest BCUT2D eigenvalue weighted by molar-refractivity contribution is 6.31. The molecule has 0 saturated heterocycles. The van der Waals surface area contributed by atoms with Crippen molar-refractivity contribution in [3.8, 4) is 0 Å². The Morgan fingerprint density at radius 3 is 2.31 bits per heavy atom. The minimum absolute atomic E-state index is 0.202. The number of halogens is 3. The van der Waals surface area contributed by atoms with Gasteiger partial charge >= 0.3 is 0 Å². The van der Waals surface area contributed by atoms with Gasteiger partial charge in [0.05, 0.1) is 0 Å². The van der Waals surface area contributed by atoms with Crippen molar-refractivity contribution in [3.63, 3.8) is 0 Å². The normalized spacial score (nSPS) is 10.4. The second-order valence-corrected chi connectivity index (χ2v) is 3.89. The van der Waals surface area contributed by atoms with Gasteiger partial charge in [-0.05, 0) is 17.7 Å². The Kier molecular flexibility index (Phi) is 3.20. The highest BCUT2D eigenvalue weighted by atomic mass is 35.5. The summed E-state index contributed by atoms with van der Waals surface area (Å²) in [6.45, 7) is 0. The second-order valence-electron chi connectivity index (χ2n) is 3.48. The molecule has 0 aliphatic carbocycles. The molecule has 0 aromatic heterocycles. The molecule has 0 aliphatic rings. The van der Waals surface area contributed by atoms with Gasteiger partial charge in [-0.1, -0.05) is 41.9 Å². The molecule has 0 aliphatic heterocycles. The third kappa shape index (κ3) is 2.22. The van der Waals surface area contributed by atoms with Crippen LogP contribution in [0.2, 0.25) is 5.02 Å². The van der Waals surface area contributed by atoms with Gasteiger partial charge in [0.15, 0.2) is 11.6 Å². The smallest absolute Gasteiger partial charge is 0.163 e. The van der Waals surface area contributed by atoms with Gasteiger partial charge < -0.3 is 0 Å². The van der Waals surface area contributed by atoms with Gasteiger partial charge in [0.25, 0.3) is 0 Å². The molecule has 0 spiro atoms. The van der Waals surface area contributed by atoms with Gasteiger partial charge in [-0.15, -0.1) is 0 Å². The molecule has 0 amide bonds. The summed E-state index contributed by atoms with van der Waals surface area (Å²) in [4.78, 5) is 0. The van der Waals surface area contributed by atoms with Crippen molar-refractivity contribution in [2.75, 3.05) is 0 Å². The van der Waals surface area contributed by atoms with Crippen molar-refractivity contribution in [2.24, 2.45) is 0 Å². The lowest BCUT2D eigenvalue weighted by Crippen LogP contribution is -1.97. The van der Waals surface area contributed by atoms with Crippen LogP contribution in [-0.4, -0.2) is 0 Å². The first-order chi connectivity index (χ1) is 7.68. The van der Waals surface area contributed by atoms with Crippen LogP contribution in [0, 0.1) is 11.6 Å². The zero-order chi connectivity index (χ0) is 11.5. The van der Waals surface area contributed by atoms with E-state index in [0.717, 1.165) is 11.6 Å². The first-order valence-corrected chi connectivity index (χ1v) is 5.22. The summed E-state index contributed by atoms with van der Waals surface area (Å²) in [7, 11) is 0. The average molecular weight is 239 g/mol. The number of hydrogen-bond donors (Lipinski definition) is 0. The van der Waals surface area contributed by atoms with E-state index in [4.69, 9.17) is 11.6 Å². The van der Waals surface area contributed by atoms with Crippen LogP contribution >= 0.6 is 11.6 Å². The fourth-order valence-electron chi connectivity index (χ4n) is 1.53. The lowest BCUT2D eigenvalue weighted by atomic mass is 10.0. The molecule has 2 aromatic rings. The monoisotopic (exact) mass is 238 g/mol. The van der Waals surface area contributed by atoms with E-state index in [1.165, 1.54) is 6.07 Å². The zero-order valence-corrected chi connectivity index (χ0v) is 9.14. The van der Waals surface area contributed by atoms with Gasteiger partial charge in [0, 0.05) is 17.0 Å². The third-order valence-corrected chi connectivity index (χ3v) is 2.72. The summed E-state index contributed by atoms with van der Waals surface area (Å²) in [5, 5.41) is 0.253. The van der Waals surface area contributed by atoms with Crippen molar-refractivity contribution < 1.29 is 8.78 Å². The highest BCUT2D eigenvalue weighted by Crippen LogP contribution is 2.24. The van der Waals surface area contributed by atoms with Crippen molar-refractivity contribution in [2.45, 2.75) is 6.42 Å². The van der Waals surface area contributed by atoms with E-state index in [-0.39, 0.29) is 10.6 Å². The van der Waals surface area contributed by atoms with E-state index in [2.05, 4.69) is 0 Å². The van der Waals surface area contributed by atoms with Gasteiger partial charge in [0.1, 0.15) is 0 Å². The molecule has 0 unspecified atom stereocenters. The van der Waals surface area contributed by atoms with Crippen LogP contribution < -0.4 is 0 Å². The molecule has 0 heterocycles. The fraction of sp³-hybridized carbons (Fsp3) is 0.0769. The molecule has 0 radical (unpaired) electrons. The van der Waals surface area contributed by atoms with Crippen LogP contribution in [0.5, 0.6) is 0 Å². The van der Waals surface area contributed by atoms with E-state index in [9.17, 15) is 8.78 Å². The molecule has 0 fully saturated rings. The maximum absolute atomic E-state index is 13.5. The summed E-state index contributed by atoms with van der Waals surface area (Å²) >= 11 is 5.84. The van der Waals surface area contributed by atoms with Gasteiger partial charge in [0.2, 0.25) is 0 Å². The third-order valence-electron chi connectivity index (χ3n) is 2.36. The maximum atomic E-state index is 13.5. The predicted molar refractivity (Wildman–Crippen MR) is 60.6 cm³/mol. The predicted octanol–water partition coefficient (Wildman–Crippen LogP) is 4.21. The van der Waals surface area contributed by atoms with Gasteiger partial charge in [-0.2, -0.15) is 0 Å². The fourth-order valence-corrected chi connectivity index (χ4v) is 1.74. The topological polar surface area (TPSA) is 0 Å². The molecule has 82 valence electrons. The largest absolute Gasteiger partial charge is 0.204 e. The molecule has 16 heavy (non-hydrogen) atoms. The summed E-state index contributed by atoms with van der Waals surface area (Å²) in [6.07, 6.45) is 0.295. The van der Waals surface area contributed by atoms with Crippen LogP contribution in [0.3, 0.4) is 0 Å². The van der Waals surface area contributed by atoms with Crippen LogP contribution in [0.4, 0.5) is 8.78 Å². The Morgan fingerprint density at radius 2 is 1.62 bits per heavy atom. The molecular weight excluding hydrogens is 230 g/mol. The molecular formula is C13H9ClF2.